The van der Waals surface area contributed by atoms with Crippen LogP contribution in [0.3, 0.4) is 0 Å². The van der Waals surface area contributed by atoms with Gasteiger partial charge in [0.25, 0.3) is 0 Å². The van der Waals surface area contributed by atoms with Crippen molar-refractivity contribution in [2.75, 3.05) is 0 Å². The fourth-order valence-corrected chi connectivity index (χ4v) is 2.06. The summed E-state index contributed by atoms with van der Waals surface area (Å²) < 4.78 is 0. The average molecular weight is 185 g/mol. The number of rotatable bonds is 2. The summed E-state index contributed by atoms with van der Waals surface area (Å²) >= 11 is 0. The lowest BCUT2D eigenvalue weighted by atomic mass is 9.91. The second-order valence-corrected chi connectivity index (χ2v) is 4.17. The van der Waals surface area contributed by atoms with Crippen LogP contribution >= 0.6 is 0 Å². The molecule has 0 bridgehead atoms. The van der Waals surface area contributed by atoms with Gasteiger partial charge in [-0.05, 0) is 25.2 Å². The predicted octanol–water partition coefficient (Wildman–Crippen LogP) is 1.76. The van der Waals surface area contributed by atoms with Crippen molar-refractivity contribution in [3.63, 3.8) is 0 Å². The highest BCUT2D eigenvalue weighted by molar-refractivity contribution is 5.78. The maximum absolute atomic E-state index is 10.9. The van der Waals surface area contributed by atoms with Crippen molar-refractivity contribution >= 4 is 5.97 Å². The zero-order valence-electron chi connectivity index (χ0n) is 8.25. The Bertz CT molecular complexity index is 193. The summed E-state index contributed by atoms with van der Waals surface area (Å²) in [7, 11) is 0. The molecule has 1 fully saturated rings. The van der Waals surface area contributed by atoms with Crippen LogP contribution in [0.25, 0.3) is 0 Å². The first-order valence-electron chi connectivity index (χ1n) is 5.11. The van der Waals surface area contributed by atoms with E-state index in [1.54, 1.807) is 0 Å². The lowest BCUT2D eigenvalue weighted by molar-refractivity contribution is -0.143. The maximum atomic E-state index is 10.9. The summed E-state index contributed by atoms with van der Waals surface area (Å²) in [5.74, 6) is -0.144. The standard InChI is InChI=1S/C10H19NO2/c1-2-8-4-3-6-10(11,7-5-8)9(12)13/h8H,2-7,11H2,1H3,(H,12,13)/t8-,10+/m0/s1. The Morgan fingerprint density at radius 3 is 2.77 bits per heavy atom. The molecule has 0 aromatic heterocycles. The highest BCUT2D eigenvalue weighted by Gasteiger charge is 2.35. The third-order valence-corrected chi connectivity index (χ3v) is 3.24. The Kier molecular flexibility index (Phi) is 3.31. The van der Waals surface area contributed by atoms with Gasteiger partial charge in [0.2, 0.25) is 0 Å². The molecule has 3 heteroatoms. The van der Waals surface area contributed by atoms with Gasteiger partial charge in [0.15, 0.2) is 0 Å². The molecule has 76 valence electrons. The van der Waals surface area contributed by atoms with E-state index in [1.165, 1.54) is 0 Å². The molecule has 2 atom stereocenters. The highest BCUT2D eigenvalue weighted by atomic mass is 16.4. The van der Waals surface area contributed by atoms with Crippen LogP contribution in [0.15, 0.2) is 0 Å². The smallest absolute Gasteiger partial charge is 0.323 e. The van der Waals surface area contributed by atoms with Gasteiger partial charge in [0.1, 0.15) is 5.54 Å². The Hall–Kier alpha value is -0.570. The molecule has 0 aromatic rings. The molecule has 1 rings (SSSR count). The molecule has 0 radical (unpaired) electrons. The first-order chi connectivity index (χ1) is 6.08. The van der Waals surface area contributed by atoms with Crippen molar-refractivity contribution in [3.8, 4) is 0 Å². The van der Waals surface area contributed by atoms with Gasteiger partial charge in [-0.2, -0.15) is 0 Å². The second-order valence-electron chi connectivity index (χ2n) is 4.17. The number of carboxylic acid groups (broad SMARTS) is 1. The van der Waals surface area contributed by atoms with Gasteiger partial charge in [-0.1, -0.05) is 26.2 Å². The molecular weight excluding hydrogens is 166 g/mol. The van der Waals surface area contributed by atoms with E-state index < -0.39 is 11.5 Å². The number of nitrogens with two attached hydrogens (primary N) is 1. The van der Waals surface area contributed by atoms with Crippen LogP contribution in [-0.2, 0) is 4.79 Å². The van der Waals surface area contributed by atoms with Crippen molar-refractivity contribution in [1.29, 1.82) is 0 Å². The second kappa shape index (κ2) is 4.09. The molecule has 0 saturated heterocycles. The lowest BCUT2D eigenvalue weighted by Gasteiger charge is -2.22. The molecule has 0 aliphatic heterocycles. The Morgan fingerprint density at radius 2 is 2.23 bits per heavy atom. The zero-order valence-corrected chi connectivity index (χ0v) is 8.25. The van der Waals surface area contributed by atoms with Crippen LogP contribution in [0, 0.1) is 5.92 Å². The summed E-state index contributed by atoms with van der Waals surface area (Å²) in [6, 6.07) is 0. The van der Waals surface area contributed by atoms with Crippen LogP contribution in [-0.4, -0.2) is 16.6 Å². The Balaban J connectivity index is 2.58. The number of carbonyl (C=O) groups is 1. The van der Waals surface area contributed by atoms with Crippen molar-refractivity contribution < 1.29 is 9.90 Å². The van der Waals surface area contributed by atoms with Crippen LogP contribution in [0.1, 0.15) is 45.4 Å². The average Bonchev–Trinajstić information content (AvgIpc) is 2.28. The molecule has 13 heavy (non-hydrogen) atoms. The first-order valence-corrected chi connectivity index (χ1v) is 5.11. The third-order valence-electron chi connectivity index (χ3n) is 3.24. The molecule has 3 N–H and O–H groups in total. The van der Waals surface area contributed by atoms with Crippen LogP contribution in [0.2, 0.25) is 0 Å². The number of hydrogen-bond donors (Lipinski definition) is 2. The minimum atomic E-state index is -0.941. The maximum Gasteiger partial charge on any atom is 0.323 e. The summed E-state index contributed by atoms with van der Waals surface area (Å²) in [5.41, 5.74) is 4.88. The fraction of sp³-hybridized carbons (Fsp3) is 0.900. The Morgan fingerprint density at radius 1 is 1.54 bits per heavy atom. The van der Waals surface area contributed by atoms with E-state index in [0.29, 0.717) is 18.8 Å². The molecule has 1 aliphatic carbocycles. The molecule has 0 unspecified atom stereocenters. The molecule has 0 spiro atoms. The van der Waals surface area contributed by atoms with Crippen molar-refractivity contribution in [3.05, 3.63) is 0 Å². The van der Waals surface area contributed by atoms with Gasteiger partial charge in [-0.25, -0.2) is 0 Å². The summed E-state index contributed by atoms with van der Waals surface area (Å²) in [6.07, 6.45) is 5.50. The topological polar surface area (TPSA) is 63.3 Å². The fourth-order valence-electron chi connectivity index (χ4n) is 2.06. The van der Waals surface area contributed by atoms with Gasteiger partial charge in [-0.3, -0.25) is 4.79 Å². The van der Waals surface area contributed by atoms with Gasteiger partial charge in [0.05, 0.1) is 0 Å². The van der Waals surface area contributed by atoms with Gasteiger partial charge in [0, 0.05) is 0 Å². The number of carboxylic acids is 1. The highest BCUT2D eigenvalue weighted by Crippen LogP contribution is 2.30. The monoisotopic (exact) mass is 185 g/mol. The van der Waals surface area contributed by atoms with E-state index in [9.17, 15) is 4.79 Å². The van der Waals surface area contributed by atoms with Gasteiger partial charge >= 0.3 is 5.97 Å². The number of hydrogen-bond acceptors (Lipinski definition) is 2. The molecule has 1 aliphatic rings. The van der Waals surface area contributed by atoms with E-state index in [4.69, 9.17) is 10.8 Å². The van der Waals surface area contributed by atoms with Gasteiger partial charge < -0.3 is 10.8 Å². The number of aliphatic carboxylic acids is 1. The molecule has 1 saturated carbocycles. The normalized spacial score (nSPS) is 35.4. The summed E-state index contributed by atoms with van der Waals surface area (Å²) in [5, 5.41) is 8.96. The molecule has 0 amide bonds. The van der Waals surface area contributed by atoms with E-state index in [2.05, 4.69) is 6.92 Å². The summed E-state index contributed by atoms with van der Waals surface area (Å²) in [6.45, 7) is 2.16. The lowest BCUT2D eigenvalue weighted by Crippen LogP contribution is -2.47. The molecular formula is C10H19NO2. The third kappa shape index (κ3) is 2.44. The quantitative estimate of drug-likeness (QED) is 0.644. The SMILES string of the molecule is CC[C@H]1CCC[C@](N)(C(=O)O)CC1. The van der Waals surface area contributed by atoms with E-state index >= 15 is 0 Å². The van der Waals surface area contributed by atoms with Crippen molar-refractivity contribution in [2.24, 2.45) is 11.7 Å². The molecule has 0 aromatic carbocycles. The van der Waals surface area contributed by atoms with E-state index in [-0.39, 0.29) is 0 Å². The van der Waals surface area contributed by atoms with Gasteiger partial charge in [-0.15, -0.1) is 0 Å². The van der Waals surface area contributed by atoms with Crippen LogP contribution in [0.5, 0.6) is 0 Å². The Labute approximate surface area is 79.3 Å². The largest absolute Gasteiger partial charge is 0.480 e. The predicted molar refractivity (Wildman–Crippen MR) is 51.4 cm³/mol. The van der Waals surface area contributed by atoms with E-state index in [1.807, 2.05) is 0 Å². The van der Waals surface area contributed by atoms with Crippen molar-refractivity contribution in [2.45, 2.75) is 51.0 Å². The van der Waals surface area contributed by atoms with Crippen LogP contribution < -0.4 is 5.73 Å². The van der Waals surface area contributed by atoms with Crippen LogP contribution in [0.4, 0.5) is 0 Å². The van der Waals surface area contributed by atoms with E-state index in [0.717, 1.165) is 25.7 Å². The minimum Gasteiger partial charge on any atom is -0.480 e. The minimum absolute atomic E-state index is 0.638. The zero-order chi connectivity index (χ0) is 9.90. The molecule has 3 nitrogen and oxygen atoms in total. The molecule has 0 heterocycles. The summed E-state index contributed by atoms with van der Waals surface area (Å²) in [4.78, 5) is 10.9. The van der Waals surface area contributed by atoms with Crippen molar-refractivity contribution in [1.82, 2.24) is 0 Å². The first kappa shape index (κ1) is 10.5.